The van der Waals surface area contributed by atoms with E-state index in [4.69, 9.17) is 0 Å². The highest BCUT2D eigenvalue weighted by molar-refractivity contribution is 5.75. The number of azo groups is 1. The first-order valence-corrected chi connectivity index (χ1v) is 10.1. The normalized spacial score (nSPS) is 11.3. The summed E-state index contributed by atoms with van der Waals surface area (Å²) in [6, 6.07) is 24.0. The Hall–Kier alpha value is -3.73. The van der Waals surface area contributed by atoms with Gasteiger partial charge in [-0.05, 0) is 49.6 Å². The smallest absolute Gasteiger partial charge is 0.293 e. The van der Waals surface area contributed by atoms with Gasteiger partial charge in [0.2, 0.25) is 0 Å². The third-order valence-corrected chi connectivity index (χ3v) is 5.17. The molecule has 0 aliphatic rings. The molecule has 5 nitrogen and oxygen atoms in total. The van der Waals surface area contributed by atoms with Crippen LogP contribution in [0.5, 0.6) is 0 Å². The Morgan fingerprint density at radius 2 is 1.57 bits per heavy atom. The molecule has 1 heterocycles. The molecule has 3 aromatic carbocycles. The Bertz CT molecular complexity index is 1250. The summed E-state index contributed by atoms with van der Waals surface area (Å²) in [5, 5.41) is 11.8. The summed E-state index contributed by atoms with van der Waals surface area (Å²) in [6.07, 6.45) is 1.00. The average Bonchev–Trinajstić information content (AvgIpc) is 3.06. The minimum absolute atomic E-state index is 0.218. The molecule has 0 saturated carbocycles. The lowest BCUT2D eigenvalue weighted by Gasteiger charge is -2.06. The van der Waals surface area contributed by atoms with Gasteiger partial charge in [-0.1, -0.05) is 67.1 Å². The van der Waals surface area contributed by atoms with Crippen molar-refractivity contribution >= 4 is 11.4 Å². The minimum atomic E-state index is -0.218. The van der Waals surface area contributed by atoms with Crippen LogP contribution in [-0.4, -0.2) is 9.78 Å². The molecule has 0 fully saturated rings. The molecule has 0 amide bonds. The van der Waals surface area contributed by atoms with Gasteiger partial charge in [-0.15, -0.1) is 10.2 Å². The molecule has 1 aromatic heterocycles. The van der Waals surface area contributed by atoms with Gasteiger partial charge in [-0.2, -0.15) is 0 Å². The molecule has 0 spiro atoms. The first-order chi connectivity index (χ1) is 14.6. The maximum atomic E-state index is 12.9. The molecular weight excluding hydrogens is 372 g/mol. The number of nitrogens with one attached hydrogen (secondary N) is 1. The summed E-state index contributed by atoms with van der Waals surface area (Å²) in [4.78, 5) is 12.9. The van der Waals surface area contributed by atoms with Crippen LogP contribution in [0, 0.1) is 13.8 Å². The second-order valence-corrected chi connectivity index (χ2v) is 7.33. The highest BCUT2D eigenvalue weighted by Gasteiger charge is 2.12. The van der Waals surface area contributed by atoms with Gasteiger partial charge in [0.25, 0.3) is 5.56 Å². The number of hydrogen-bond donors (Lipinski definition) is 1. The molecule has 0 radical (unpaired) electrons. The lowest BCUT2D eigenvalue weighted by Crippen LogP contribution is -2.13. The van der Waals surface area contributed by atoms with E-state index in [1.807, 2.05) is 62.4 Å². The third-order valence-electron chi connectivity index (χ3n) is 5.17. The fourth-order valence-electron chi connectivity index (χ4n) is 3.36. The van der Waals surface area contributed by atoms with Crippen LogP contribution in [0.15, 0.2) is 87.8 Å². The molecule has 0 unspecified atom stereocenters. The standard InChI is InChI=1S/C25H24N4O/c1-4-19-11-13-20(14-12-19)22-7-5-6-8-23(22)26-27-24-18(3)28-29(25(24)30)21-15-9-17(2)10-16-21/h5-16,28H,4H2,1-3H3. The number of aromatic amines is 1. The zero-order valence-corrected chi connectivity index (χ0v) is 17.4. The maximum Gasteiger partial charge on any atom is 0.299 e. The predicted octanol–water partition coefficient (Wildman–Crippen LogP) is 6.43. The zero-order chi connectivity index (χ0) is 21.1. The number of aryl methyl sites for hydroxylation is 3. The van der Waals surface area contributed by atoms with Crippen molar-refractivity contribution in [3.05, 3.63) is 100.0 Å². The van der Waals surface area contributed by atoms with E-state index in [0.29, 0.717) is 11.4 Å². The van der Waals surface area contributed by atoms with E-state index in [2.05, 4.69) is 46.5 Å². The van der Waals surface area contributed by atoms with Gasteiger partial charge in [0, 0.05) is 5.56 Å². The Morgan fingerprint density at radius 3 is 2.27 bits per heavy atom. The quantitative estimate of drug-likeness (QED) is 0.388. The lowest BCUT2D eigenvalue weighted by atomic mass is 10.0. The molecule has 0 aliphatic carbocycles. The van der Waals surface area contributed by atoms with Crippen molar-refractivity contribution < 1.29 is 0 Å². The molecular formula is C25H24N4O. The summed E-state index contributed by atoms with van der Waals surface area (Å²) in [7, 11) is 0. The highest BCUT2D eigenvalue weighted by atomic mass is 16.1. The van der Waals surface area contributed by atoms with Crippen molar-refractivity contribution in [3.63, 3.8) is 0 Å². The van der Waals surface area contributed by atoms with Crippen LogP contribution in [0.1, 0.15) is 23.7 Å². The molecule has 4 aromatic rings. The van der Waals surface area contributed by atoms with Gasteiger partial charge in [0.1, 0.15) is 0 Å². The second-order valence-electron chi connectivity index (χ2n) is 7.33. The number of nitrogens with zero attached hydrogens (tertiary/aromatic N) is 3. The van der Waals surface area contributed by atoms with Gasteiger partial charge in [-0.3, -0.25) is 9.89 Å². The molecule has 4 rings (SSSR count). The highest BCUT2D eigenvalue weighted by Crippen LogP contribution is 2.31. The molecule has 0 atom stereocenters. The fourth-order valence-corrected chi connectivity index (χ4v) is 3.36. The largest absolute Gasteiger partial charge is 0.299 e. The summed E-state index contributed by atoms with van der Waals surface area (Å²) in [6.45, 7) is 5.98. The van der Waals surface area contributed by atoms with E-state index in [1.54, 1.807) is 0 Å². The van der Waals surface area contributed by atoms with Crippen molar-refractivity contribution in [3.8, 4) is 16.8 Å². The van der Waals surface area contributed by atoms with Crippen molar-refractivity contribution in [2.45, 2.75) is 27.2 Å². The predicted molar refractivity (Wildman–Crippen MR) is 121 cm³/mol. The zero-order valence-electron chi connectivity index (χ0n) is 17.4. The van der Waals surface area contributed by atoms with Crippen LogP contribution < -0.4 is 5.56 Å². The monoisotopic (exact) mass is 396 g/mol. The van der Waals surface area contributed by atoms with Gasteiger partial charge >= 0.3 is 0 Å². The van der Waals surface area contributed by atoms with Gasteiger partial charge < -0.3 is 0 Å². The van der Waals surface area contributed by atoms with E-state index >= 15 is 0 Å². The number of hydrogen-bond acceptors (Lipinski definition) is 3. The minimum Gasteiger partial charge on any atom is -0.293 e. The second kappa shape index (κ2) is 8.33. The molecule has 5 heteroatoms. The van der Waals surface area contributed by atoms with E-state index in [9.17, 15) is 4.79 Å². The molecule has 0 bridgehead atoms. The third kappa shape index (κ3) is 3.87. The summed E-state index contributed by atoms with van der Waals surface area (Å²) >= 11 is 0. The van der Waals surface area contributed by atoms with Crippen LogP contribution in [0.3, 0.4) is 0 Å². The number of aromatic nitrogens is 2. The summed E-state index contributed by atoms with van der Waals surface area (Å²) < 4.78 is 1.50. The molecule has 1 N–H and O–H groups in total. The first kappa shape index (κ1) is 19.6. The van der Waals surface area contributed by atoms with Crippen molar-refractivity contribution in [2.75, 3.05) is 0 Å². The van der Waals surface area contributed by atoms with Gasteiger partial charge in [0.05, 0.1) is 17.1 Å². The molecule has 0 saturated heterocycles. The van der Waals surface area contributed by atoms with Gasteiger partial charge in [0.15, 0.2) is 5.69 Å². The van der Waals surface area contributed by atoms with Crippen LogP contribution >= 0.6 is 0 Å². The van der Waals surface area contributed by atoms with E-state index in [-0.39, 0.29) is 5.56 Å². The summed E-state index contributed by atoms with van der Waals surface area (Å²) in [5.41, 5.74) is 6.75. The first-order valence-electron chi connectivity index (χ1n) is 10.1. The number of rotatable bonds is 5. The lowest BCUT2D eigenvalue weighted by molar-refractivity contribution is 0.835. The SMILES string of the molecule is CCc1ccc(-c2ccccc2N=Nc2c(C)[nH]n(-c3ccc(C)cc3)c2=O)cc1. The number of H-pyrrole nitrogens is 1. The van der Waals surface area contributed by atoms with Gasteiger partial charge in [-0.25, -0.2) is 4.68 Å². The van der Waals surface area contributed by atoms with E-state index in [1.165, 1.54) is 10.2 Å². The van der Waals surface area contributed by atoms with Crippen LogP contribution in [0.25, 0.3) is 16.8 Å². The maximum absolute atomic E-state index is 12.9. The average molecular weight is 396 g/mol. The Kier molecular flexibility index (Phi) is 5.44. The van der Waals surface area contributed by atoms with Crippen LogP contribution in [0.4, 0.5) is 11.4 Å². The van der Waals surface area contributed by atoms with Crippen molar-refractivity contribution in [1.29, 1.82) is 0 Å². The van der Waals surface area contributed by atoms with Crippen molar-refractivity contribution in [2.24, 2.45) is 10.2 Å². The molecule has 0 aliphatic heterocycles. The Labute approximate surface area is 175 Å². The fraction of sp³-hybridized carbons (Fsp3) is 0.160. The number of benzene rings is 3. The molecule has 150 valence electrons. The van der Waals surface area contributed by atoms with Crippen LogP contribution in [-0.2, 0) is 6.42 Å². The topological polar surface area (TPSA) is 62.5 Å². The molecule has 30 heavy (non-hydrogen) atoms. The van der Waals surface area contributed by atoms with E-state index in [0.717, 1.165) is 34.5 Å². The summed E-state index contributed by atoms with van der Waals surface area (Å²) in [5.74, 6) is 0. The Balaban J connectivity index is 1.70. The van der Waals surface area contributed by atoms with Crippen LogP contribution in [0.2, 0.25) is 0 Å². The Morgan fingerprint density at radius 1 is 0.867 bits per heavy atom. The van der Waals surface area contributed by atoms with E-state index < -0.39 is 0 Å². The van der Waals surface area contributed by atoms with Crippen molar-refractivity contribution in [1.82, 2.24) is 9.78 Å².